The number of ether oxygens (including phenoxy) is 1. The molecule has 0 spiro atoms. The molecular formula is C28H36BrFN2O3. The molecule has 1 aliphatic carbocycles. The number of benzene rings is 2. The summed E-state index contributed by atoms with van der Waals surface area (Å²) in [6.07, 6.45) is 4.62. The highest BCUT2D eigenvalue weighted by Gasteiger charge is 2.31. The summed E-state index contributed by atoms with van der Waals surface area (Å²) in [5.41, 5.74) is 1.89. The van der Waals surface area contributed by atoms with Gasteiger partial charge in [-0.1, -0.05) is 58.7 Å². The van der Waals surface area contributed by atoms with Crippen molar-refractivity contribution in [3.63, 3.8) is 0 Å². The second-order valence-corrected chi connectivity index (χ2v) is 11.1. The van der Waals surface area contributed by atoms with Gasteiger partial charge < -0.3 is 15.0 Å². The topological polar surface area (TPSA) is 58.6 Å². The van der Waals surface area contributed by atoms with Crippen molar-refractivity contribution >= 4 is 27.7 Å². The Morgan fingerprint density at radius 3 is 2.37 bits per heavy atom. The van der Waals surface area contributed by atoms with E-state index in [0.717, 1.165) is 41.3 Å². The normalized spacial score (nSPS) is 15.0. The summed E-state index contributed by atoms with van der Waals surface area (Å²) in [7, 11) is 0. The van der Waals surface area contributed by atoms with Crippen molar-refractivity contribution in [1.29, 1.82) is 0 Å². The maximum Gasteiger partial charge on any atom is 0.261 e. The molecule has 0 saturated heterocycles. The van der Waals surface area contributed by atoms with Crippen LogP contribution in [-0.2, 0) is 21.5 Å². The zero-order valence-electron chi connectivity index (χ0n) is 21.1. The Bertz CT molecular complexity index is 1010. The van der Waals surface area contributed by atoms with Crippen LogP contribution in [-0.4, -0.2) is 35.4 Å². The van der Waals surface area contributed by atoms with Crippen molar-refractivity contribution in [3.05, 3.63) is 63.9 Å². The van der Waals surface area contributed by atoms with E-state index in [-0.39, 0.29) is 42.2 Å². The molecule has 35 heavy (non-hydrogen) atoms. The van der Waals surface area contributed by atoms with Crippen molar-refractivity contribution < 1.29 is 18.7 Å². The molecule has 2 aromatic rings. The monoisotopic (exact) mass is 546 g/mol. The Morgan fingerprint density at radius 2 is 1.80 bits per heavy atom. The van der Waals surface area contributed by atoms with Gasteiger partial charge in [0, 0.05) is 12.6 Å². The number of hydrogen-bond acceptors (Lipinski definition) is 3. The Morgan fingerprint density at radius 1 is 1.14 bits per heavy atom. The van der Waals surface area contributed by atoms with E-state index in [9.17, 15) is 14.0 Å². The standard InChI is InChI=1S/C28H36BrFN2O3/c1-5-24(27(34)31-22-8-6-7-9-22)32(17-19-10-13-21(30)14-11-19)26(33)18-35-25-15-12-20(16-23(25)29)28(2,3)4/h10-16,22,24H,5-9,17-18H2,1-4H3,(H,31,34)/t24-/m1/s1. The van der Waals surface area contributed by atoms with E-state index >= 15 is 0 Å². The summed E-state index contributed by atoms with van der Waals surface area (Å²) in [6, 6.07) is 11.4. The molecule has 7 heteroatoms. The highest BCUT2D eigenvalue weighted by molar-refractivity contribution is 9.10. The summed E-state index contributed by atoms with van der Waals surface area (Å²) in [6.45, 7) is 8.28. The van der Waals surface area contributed by atoms with Gasteiger partial charge in [0.25, 0.3) is 5.91 Å². The lowest BCUT2D eigenvalue weighted by atomic mass is 9.87. The zero-order chi connectivity index (χ0) is 25.6. The molecule has 1 N–H and O–H groups in total. The van der Waals surface area contributed by atoms with E-state index < -0.39 is 6.04 Å². The van der Waals surface area contributed by atoms with Crippen LogP contribution >= 0.6 is 15.9 Å². The van der Waals surface area contributed by atoms with E-state index in [1.54, 1.807) is 17.0 Å². The summed E-state index contributed by atoms with van der Waals surface area (Å²) in [5.74, 6) is -0.221. The Hall–Kier alpha value is -2.41. The van der Waals surface area contributed by atoms with Gasteiger partial charge in [-0.05, 0) is 76.0 Å². The first-order valence-corrected chi connectivity index (χ1v) is 13.1. The number of amides is 2. The Balaban J connectivity index is 1.77. The van der Waals surface area contributed by atoms with E-state index in [2.05, 4.69) is 42.0 Å². The van der Waals surface area contributed by atoms with Crippen LogP contribution in [0.25, 0.3) is 0 Å². The fourth-order valence-corrected chi connectivity index (χ4v) is 4.87. The van der Waals surface area contributed by atoms with Gasteiger partial charge in [0.05, 0.1) is 4.47 Å². The van der Waals surface area contributed by atoms with Crippen LogP contribution in [0.3, 0.4) is 0 Å². The van der Waals surface area contributed by atoms with Gasteiger partial charge in [-0.25, -0.2) is 4.39 Å². The third-order valence-electron chi connectivity index (χ3n) is 6.50. The van der Waals surface area contributed by atoms with Crippen LogP contribution in [0, 0.1) is 5.82 Å². The molecule has 2 aromatic carbocycles. The average molecular weight is 548 g/mol. The van der Waals surface area contributed by atoms with Gasteiger partial charge in [0.1, 0.15) is 17.6 Å². The summed E-state index contributed by atoms with van der Waals surface area (Å²) < 4.78 is 20.1. The predicted octanol–water partition coefficient (Wildman–Crippen LogP) is 6.13. The molecule has 5 nitrogen and oxygen atoms in total. The number of nitrogens with one attached hydrogen (secondary N) is 1. The zero-order valence-corrected chi connectivity index (χ0v) is 22.7. The highest BCUT2D eigenvalue weighted by Crippen LogP contribution is 2.31. The number of nitrogens with zero attached hydrogens (tertiary/aromatic N) is 1. The van der Waals surface area contributed by atoms with Gasteiger partial charge in [0.15, 0.2) is 6.61 Å². The fraction of sp³-hybridized carbons (Fsp3) is 0.500. The van der Waals surface area contributed by atoms with Crippen molar-refractivity contribution in [3.8, 4) is 5.75 Å². The molecule has 2 amide bonds. The van der Waals surface area contributed by atoms with Gasteiger partial charge in [-0.15, -0.1) is 0 Å². The molecule has 1 aliphatic rings. The summed E-state index contributed by atoms with van der Waals surface area (Å²) >= 11 is 3.55. The smallest absolute Gasteiger partial charge is 0.261 e. The maximum atomic E-state index is 13.4. The number of carbonyl (C=O) groups excluding carboxylic acids is 2. The number of hydrogen-bond donors (Lipinski definition) is 1. The lowest BCUT2D eigenvalue weighted by Gasteiger charge is -2.31. The molecule has 0 bridgehead atoms. The first-order valence-electron chi connectivity index (χ1n) is 12.4. The lowest BCUT2D eigenvalue weighted by Crippen LogP contribution is -2.52. The third-order valence-corrected chi connectivity index (χ3v) is 7.12. The Kier molecular flexibility index (Phi) is 9.34. The quantitative estimate of drug-likeness (QED) is 0.411. The minimum absolute atomic E-state index is 0.0101. The third kappa shape index (κ3) is 7.53. The predicted molar refractivity (Wildman–Crippen MR) is 140 cm³/mol. The van der Waals surface area contributed by atoms with Gasteiger partial charge in [-0.3, -0.25) is 9.59 Å². The van der Waals surface area contributed by atoms with Crippen molar-refractivity contribution in [2.45, 2.75) is 83.8 Å². The maximum absolute atomic E-state index is 13.4. The summed E-state index contributed by atoms with van der Waals surface area (Å²) in [4.78, 5) is 28.1. The second-order valence-electron chi connectivity index (χ2n) is 10.2. The van der Waals surface area contributed by atoms with Gasteiger partial charge >= 0.3 is 0 Å². The number of rotatable bonds is 9. The van der Waals surface area contributed by atoms with E-state index in [0.29, 0.717) is 12.2 Å². The molecule has 1 saturated carbocycles. The Labute approximate surface area is 216 Å². The average Bonchev–Trinajstić information content (AvgIpc) is 3.31. The second kappa shape index (κ2) is 12.0. The molecule has 3 rings (SSSR count). The van der Waals surface area contributed by atoms with E-state index in [1.807, 2.05) is 25.1 Å². The molecule has 1 atom stereocenters. The van der Waals surface area contributed by atoms with Crippen LogP contribution in [0.2, 0.25) is 0 Å². The fourth-order valence-electron chi connectivity index (χ4n) is 4.38. The highest BCUT2D eigenvalue weighted by atomic mass is 79.9. The van der Waals surface area contributed by atoms with Gasteiger partial charge in [-0.2, -0.15) is 0 Å². The van der Waals surface area contributed by atoms with Crippen LogP contribution < -0.4 is 10.1 Å². The number of halogens is 2. The molecule has 0 radical (unpaired) electrons. The van der Waals surface area contributed by atoms with Crippen LogP contribution in [0.5, 0.6) is 5.75 Å². The SMILES string of the molecule is CC[C@H](C(=O)NC1CCCC1)N(Cc1ccc(F)cc1)C(=O)COc1ccc(C(C)(C)C)cc1Br. The number of carbonyl (C=O) groups is 2. The summed E-state index contributed by atoms with van der Waals surface area (Å²) in [5, 5.41) is 3.12. The van der Waals surface area contributed by atoms with Crippen molar-refractivity contribution in [2.75, 3.05) is 6.61 Å². The molecule has 0 heterocycles. The van der Waals surface area contributed by atoms with E-state index in [1.165, 1.54) is 12.1 Å². The van der Waals surface area contributed by atoms with Crippen LogP contribution in [0.15, 0.2) is 46.9 Å². The molecule has 0 unspecified atom stereocenters. The van der Waals surface area contributed by atoms with Crippen LogP contribution in [0.4, 0.5) is 4.39 Å². The minimum atomic E-state index is -0.636. The van der Waals surface area contributed by atoms with E-state index in [4.69, 9.17) is 4.74 Å². The van der Waals surface area contributed by atoms with Gasteiger partial charge in [0.2, 0.25) is 5.91 Å². The van der Waals surface area contributed by atoms with Crippen LogP contribution in [0.1, 0.15) is 70.9 Å². The first kappa shape index (κ1) is 27.2. The van der Waals surface area contributed by atoms with Crippen molar-refractivity contribution in [2.24, 2.45) is 0 Å². The molecule has 1 fully saturated rings. The lowest BCUT2D eigenvalue weighted by molar-refractivity contribution is -0.143. The largest absolute Gasteiger partial charge is 0.483 e. The van der Waals surface area contributed by atoms with Crippen molar-refractivity contribution in [1.82, 2.24) is 10.2 Å². The molecular weight excluding hydrogens is 511 g/mol. The first-order chi connectivity index (χ1) is 16.6. The molecule has 0 aromatic heterocycles. The minimum Gasteiger partial charge on any atom is -0.483 e. The molecule has 190 valence electrons. The molecule has 0 aliphatic heterocycles.